The van der Waals surface area contributed by atoms with Crippen LogP contribution in [0.15, 0.2) is 66.7 Å². The summed E-state index contributed by atoms with van der Waals surface area (Å²) in [7, 11) is 1.19. The van der Waals surface area contributed by atoms with Gasteiger partial charge in [-0.3, -0.25) is 0 Å². The van der Waals surface area contributed by atoms with Crippen molar-refractivity contribution in [1.29, 1.82) is 0 Å². The van der Waals surface area contributed by atoms with Crippen LogP contribution in [0.2, 0.25) is 0 Å². The molecule has 4 aromatic rings. The van der Waals surface area contributed by atoms with Crippen LogP contribution in [-0.4, -0.2) is 24.4 Å². The number of ether oxygens (including phenoxy) is 1. The molecule has 0 atom stereocenters. The number of nitrogens with zero attached hydrogens (tertiary/aromatic N) is 1. The van der Waals surface area contributed by atoms with Crippen LogP contribution in [-0.2, 0) is 0 Å². The van der Waals surface area contributed by atoms with Gasteiger partial charge in [0.25, 0.3) is 0 Å². The van der Waals surface area contributed by atoms with E-state index >= 15 is 0 Å². The monoisotopic (exact) mass is 317 g/mol. The summed E-state index contributed by atoms with van der Waals surface area (Å²) >= 11 is 0. The second-order valence-corrected chi connectivity index (χ2v) is 5.48. The Morgan fingerprint density at radius 2 is 1.46 bits per heavy atom. The lowest BCUT2D eigenvalue weighted by atomic mass is 10.2. The maximum atomic E-state index is 9.12. The van der Waals surface area contributed by atoms with Gasteiger partial charge in [-0.25, -0.2) is 0 Å². The highest BCUT2D eigenvalue weighted by molar-refractivity contribution is 6.17. The van der Waals surface area contributed by atoms with Crippen LogP contribution in [0.3, 0.4) is 0 Å². The molecule has 1 N–H and O–H groups in total. The SMILES string of the molecule is COc1ccc(-n2c3ccccc3c3ccccc32)cc1OBO. The average Bonchev–Trinajstić information content (AvgIpc) is 2.96. The Morgan fingerprint density at radius 1 is 0.833 bits per heavy atom. The molecule has 1 aromatic heterocycles. The van der Waals surface area contributed by atoms with Crippen molar-refractivity contribution in [2.45, 2.75) is 0 Å². The number of hydrogen-bond acceptors (Lipinski definition) is 3. The van der Waals surface area contributed by atoms with E-state index < -0.39 is 7.69 Å². The lowest BCUT2D eigenvalue weighted by molar-refractivity contribution is 0.381. The average molecular weight is 317 g/mol. The largest absolute Gasteiger partial charge is 0.536 e. The number of para-hydroxylation sites is 2. The van der Waals surface area contributed by atoms with Crippen molar-refractivity contribution in [3.63, 3.8) is 0 Å². The third kappa shape index (κ3) is 2.22. The molecule has 0 aliphatic rings. The molecule has 118 valence electrons. The van der Waals surface area contributed by atoms with E-state index in [1.54, 1.807) is 7.11 Å². The molecule has 0 spiro atoms. The van der Waals surface area contributed by atoms with Gasteiger partial charge in [-0.05, 0) is 24.3 Å². The molecule has 0 aliphatic heterocycles. The predicted octanol–water partition coefficient (Wildman–Crippen LogP) is 3.43. The van der Waals surface area contributed by atoms with Gasteiger partial charge >= 0.3 is 7.69 Å². The van der Waals surface area contributed by atoms with Crippen molar-refractivity contribution >= 4 is 29.5 Å². The second-order valence-electron chi connectivity index (χ2n) is 5.48. The highest BCUT2D eigenvalue weighted by Gasteiger charge is 2.13. The van der Waals surface area contributed by atoms with Gasteiger partial charge in [0.15, 0.2) is 5.75 Å². The van der Waals surface area contributed by atoms with Crippen LogP contribution in [0.5, 0.6) is 11.5 Å². The van der Waals surface area contributed by atoms with Gasteiger partial charge in [-0.1, -0.05) is 36.4 Å². The fraction of sp³-hybridized carbons (Fsp3) is 0.0526. The van der Waals surface area contributed by atoms with E-state index in [4.69, 9.17) is 14.4 Å². The zero-order valence-corrected chi connectivity index (χ0v) is 13.3. The van der Waals surface area contributed by atoms with E-state index in [9.17, 15) is 0 Å². The number of aromatic nitrogens is 1. The van der Waals surface area contributed by atoms with Crippen molar-refractivity contribution in [3.8, 4) is 17.2 Å². The van der Waals surface area contributed by atoms with Gasteiger partial charge in [-0.2, -0.15) is 0 Å². The predicted molar refractivity (Wildman–Crippen MR) is 97.3 cm³/mol. The Labute approximate surface area is 140 Å². The standard InChI is InChI=1S/C19H16BNO3/c1-23-18-11-10-13(12-19(18)24-20-22)21-16-8-4-2-6-14(16)15-7-3-5-9-17(15)21/h2-12,20,22H,1H3. The summed E-state index contributed by atoms with van der Waals surface area (Å²) in [6.07, 6.45) is 0. The molecule has 0 bridgehead atoms. The fourth-order valence-corrected chi connectivity index (χ4v) is 3.19. The highest BCUT2D eigenvalue weighted by atomic mass is 16.5. The van der Waals surface area contributed by atoms with Gasteiger partial charge in [-0.15, -0.1) is 0 Å². The molecule has 24 heavy (non-hydrogen) atoms. The first-order valence-electron chi connectivity index (χ1n) is 7.73. The number of rotatable bonds is 4. The summed E-state index contributed by atoms with van der Waals surface area (Å²) in [5, 5.41) is 11.5. The molecule has 0 saturated heterocycles. The van der Waals surface area contributed by atoms with Gasteiger partial charge in [0.2, 0.25) is 0 Å². The normalized spacial score (nSPS) is 10.9. The first-order valence-corrected chi connectivity index (χ1v) is 7.73. The van der Waals surface area contributed by atoms with E-state index in [-0.39, 0.29) is 0 Å². The molecule has 0 aliphatic carbocycles. The van der Waals surface area contributed by atoms with Gasteiger partial charge in [0.05, 0.1) is 23.8 Å². The molecular weight excluding hydrogens is 301 g/mol. The molecule has 4 rings (SSSR count). The molecule has 4 nitrogen and oxygen atoms in total. The number of benzene rings is 3. The van der Waals surface area contributed by atoms with Crippen LogP contribution in [0, 0.1) is 0 Å². The molecule has 0 amide bonds. The van der Waals surface area contributed by atoms with Gasteiger partial charge in [0.1, 0.15) is 5.75 Å². The summed E-state index contributed by atoms with van der Waals surface area (Å²) in [5.41, 5.74) is 3.20. The molecule has 5 heteroatoms. The minimum Gasteiger partial charge on any atom is -0.536 e. The van der Waals surface area contributed by atoms with Gasteiger partial charge < -0.3 is 19.0 Å². The zero-order valence-electron chi connectivity index (χ0n) is 13.3. The summed E-state index contributed by atoms with van der Waals surface area (Å²) in [4.78, 5) is 0. The van der Waals surface area contributed by atoms with Crippen molar-refractivity contribution < 1.29 is 14.4 Å². The Bertz CT molecular complexity index is 972. The maximum Gasteiger partial charge on any atom is 0.504 e. The zero-order chi connectivity index (χ0) is 16.5. The molecule has 0 saturated carbocycles. The third-order valence-electron chi connectivity index (χ3n) is 4.21. The number of methoxy groups -OCH3 is 1. The van der Waals surface area contributed by atoms with Crippen LogP contribution >= 0.6 is 0 Å². The van der Waals surface area contributed by atoms with E-state index in [2.05, 4.69) is 28.8 Å². The first-order chi connectivity index (χ1) is 11.8. The molecule has 0 radical (unpaired) electrons. The number of hydrogen-bond donors (Lipinski definition) is 1. The summed E-state index contributed by atoms with van der Waals surface area (Å²) in [6, 6.07) is 22.4. The minimum atomic E-state index is -0.396. The number of fused-ring (bicyclic) bond motifs is 3. The minimum absolute atomic E-state index is 0.396. The van der Waals surface area contributed by atoms with Crippen molar-refractivity contribution in [2.24, 2.45) is 0 Å². The van der Waals surface area contributed by atoms with Crippen LogP contribution in [0.25, 0.3) is 27.5 Å². The van der Waals surface area contributed by atoms with Crippen molar-refractivity contribution in [2.75, 3.05) is 7.11 Å². The van der Waals surface area contributed by atoms with E-state index in [0.717, 1.165) is 16.7 Å². The Kier molecular flexibility index (Phi) is 3.63. The molecule has 3 aromatic carbocycles. The highest BCUT2D eigenvalue weighted by Crippen LogP contribution is 2.35. The molecule has 0 fully saturated rings. The van der Waals surface area contributed by atoms with E-state index in [0.29, 0.717) is 11.5 Å². The maximum absolute atomic E-state index is 9.12. The van der Waals surface area contributed by atoms with Crippen LogP contribution in [0.4, 0.5) is 0 Å². The van der Waals surface area contributed by atoms with Crippen LogP contribution < -0.4 is 9.39 Å². The summed E-state index contributed by atoms with van der Waals surface area (Å²) in [6.45, 7) is 0. The second kappa shape index (κ2) is 5.94. The summed E-state index contributed by atoms with van der Waals surface area (Å²) in [5.74, 6) is 1.10. The quantitative estimate of drug-likeness (QED) is 0.587. The topological polar surface area (TPSA) is 43.6 Å². The van der Waals surface area contributed by atoms with E-state index in [1.807, 2.05) is 42.5 Å². The lowest BCUT2D eigenvalue weighted by Gasteiger charge is -2.13. The Morgan fingerprint density at radius 3 is 2.04 bits per heavy atom. The first kappa shape index (κ1) is 14.7. The smallest absolute Gasteiger partial charge is 0.504 e. The Hall–Kier alpha value is -2.92. The summed E-state index contributed by atoms with van der Waals surface area (Å²) < 4.78 is 12.8. The molecular formula is C19H16BNO3. The molecule has 0 unspecified atom stereocenters. The van der Waals surface area contributed by atoms with Crippen LogP contribution in [0.1, 0.15) is 0 Å². The molecule has 1 heterocycles. The van der Waals surface area contributed by atoms with Crippen molar-refractivity contribution in [3.05, 3.63) is 66.7 Å². The lowest BCUT2D eigenvalue weighted by Crippen LogP contribution is -2.03. The fourth-order valence-electron chi connectivity index (χ4n) is 3.19. The Balaban J connectivity index is 2.03. The van der Waals surface area contributed by atoms with E-state index in [1.165, 1.54) is 10.8 Å². The third-order valence-corrected chi connectivity index (χ3v) is 4.21. The van der Waals surface area contributed by atoms with Gasteiger partial charge in [0, 0.05) is 16.8 Å². The van der Waals surface area contributed by atoms with Crippen molar-refractivity contribution in [1.82, 2.24) is 4.57 Å².